The average Bonchev–Trinajstić information content (AvgIpc) is 3.15. The number of aryl methyl sites for hydroxylation is 1. The zero-order valence-electron chi connectivity index (χ0n) is 18.1. The number of anilines is 1. The minimum absolute atomic E-state index is 0.137. The molecule has 4 heterocycles. The molecule has 4 rings (SSSR count). The smallest absolute Gasteiger partial charge is 0.253 e. The Morgan fingerprint density at radius 1 is 1.17 bits per heavy atom. The minimum Gasteiger partial charge on any atom is -0.354 e. The molecule has 1 fully saturated rings. The van der Waals surface area contributed by atoms with Crippen molar-refractivity contribution in [1.29, 1.82) is 0 Å². The Bertz CT molecular complexity index is 1030. The number of nitrogens with zero attached hydrogens (tertiary/aromatic N) is 6. The quantitative estimate of drug-likeness (QED) is 0.700. The highest BCUT2D eigenvalue weighted by molar-refractivity contribution is 5.98. The molecule has 3 aromatic rings. The minimum atomic E-state index is -0.137. The van der Waals surface area contributed by atoms with Gasteiger partial charge < -0.3 is 15.1 Å². The van der Waals surface area contributed by atoms with Crippen molar-refractivity contribution >= 4 is 22.8 Å². The van der Waals surface area contributed by atoms with Gasteiger partial charge in [0, 0.05) is 50.3 Å². The Hall–Kier alpha value is -3.00. The summed E-state index contributed by atoms with van der Waals surface area (Å²) in [5, 5.41) is 8.25. The molecule has 1 aliphatic heterocycles. The molecule has 0 spiro atoms. The molecule has 0 radical (unpaired) electrons. The third kappa shape index (κ3) is 4.14. The largest absolute Gasteiger partial charge is 0.354 e. The lowest BCUT2D eigenvalue weighted by Gasteiger charge is -2.33. The van der Waals surface area contributed by atoms with E-state index in [0.29, 0.717) is 17.8 Å². The van der Waals surface area contributed by atoms with Gasteiger partial charge in [-0.05, 0) is 45.5 Å². The van der Waals surface area contributed by atoms with Gasteiger partial charge in [0.25, 0.3) is 5.91 Å². The fourth-order valence-electron chi connectivity index (χ4n) is 3.69. The molecule has 30 heavy (non-hydrogen) atoms. The number of nitrogens with one attached hydrogen (secondary N) is 1. The fourth-order valence-corrected chi connectivity index (χ4v) is 3.69. The van der Waals surface area contributed by atoms with E-state index in [9.17, 15) is 4.79 Å². The molecule has 158 valence electrons. The van der Waals surface area contributed by atoms with Crippen LogP contribution < -0.4 is 10.2 Å². The van der Waals surface area contributed by atoms with Gasteiger partial charge in [-0.2, -0.15) is 5.10 Å². The molecule has 1 N–H and O–H groups in total. The molecule has 3 aromatic heterocycles. The predicted octanol–water partition coefficient (Wildman–Crippen LogP) is 2.40. The van der Waals surface area contributed by atoms with Crippen molar-refractivity contribution in [1.82, 2.24) is 30.0 Å². The van der Waals surface area contributed by atoms with E-state index in [1.807, 2.05) is 36.0 Å². The van der Waals surface area contributed by atoms with Crippen LogP contribution in [0.2, 0.25) is 0 Å². The number of aromatic nitrogens is 4. The van der Waals surface area contributed by atoms with Gasteiger partial charge in [0.05, 0.1) is 17.5 Å². The van der Waals surface area contributed by atoms with Gasteiger partial charge in [-0.3, -0.25) is 4.79 Å². The maximum absolute atomic E-state index is 12.8. The van der Waals surface area contributed by atoms with Gasteiger partial charge in [0.1, 0.15) is 5.82 Å². The van der Waals surface area contributed by atoms with Crippen molar-refractivity contribution in [3.8, 4) is 0 Å². The van der Waals surface area contributed by atoms with Gasteiger partial charge in [0.15, 0.2) is 5.65 Å². The molecule has 0 saturated carbocycles. The predicted molar refractivity (Wildman–Crippen MR) is 118 cm³/mol. The summed E-state index contributed by atoms with van der Waals surface area (Å²) in [4.78, 5) is 26.6. The second-order valence-electron chi connectivity index (χ2n) is 8.21. The van der Waals surface area contributed by atoms with E-state index < -0.39 is 0 Å². The Labute approximate surface area is 176 Å². The summed E-state index contributed by atoms with van der Waals surface area (Å²) >= 11 is 0. The van der Waals surface area contributed by atoms with Crippen molar-refractivity contribution in [3.05, 3.63) is 47.4 Å². The van der Waals surface area contributed by atoms with Crippen molar-refractivity contribution < 1.29 is 4.79 Å². The zero-order chi connectivity index (χ0) is 21.3. The van der Waals surface area contributed by atoms with Gasteiger partial charge in [0.2, 0.25) is 0 Å². The van der Waals surface area contributed by atoms with Crippen LogP contribution in [0.3, 0.4) is 0 Å². The molecule has 8 heteroatoms. The third-order valence-electron chi connectivity index (χ3n) is 5.58. The average molecular weight is 408 g/mol. The van der Waals surface area contributed by atoms with E-state index in [0.717, 1.165) is 48.6 Å². The van der Waals surface area contributed by atoms with E-state index in [1.165, 1.54) is 0 Å². The molecular formula is C22H29N7O. The monoisotopic (exact) mass is 407 g/mol. The van der Waals surface area contributed by atoms with Crippen LogP contribution in [0.1, 0.15) is 41.5 Å². The highest BCUT2D eigenvalue weighted by Crippen LogP contribution is 2.19. The lowest BCUT2D eigenvalue weighted by Crippen LogP contribution is -2.44. The highest BCUT2D eigenvalue weighted by Gasteiger charge is 2.17. The summed E-state index contributed by atoms with van der Waals surface area (Å²) in [5.74, 6) is 0.855. The molecular weight excluding hydrogens is 378 g/mol. The van der Waals surface area contributed by atoms with Gasteiger partial charge in [-0.15, -0.1) is 0 Å². The van der Waals surface area contributed by atoms with E-state index in [2.05, 4.69) is 51.1 Å². The van der Waals surface area contributed by atoms with Crippen molar-refractivity contribution in [2.45, 2.75) is 33.4 Å². The first-order valence-electron chi connectivity index (χ1n) is 10.4. The molecule has 1 amide bonds. The first-order valence-corrected chi connectivity index (χ1v) is 10.4. The normalized spacial score (nSPS) is 15.2. The number of amides is 1. The van der Waals surface area contributed by atoms with Crippen molar-refractivity contribution in [2.24, 2.45) is 0 Å². The number of hydrogen-bond acceptors (Lipinski definition) is 6. The number of piperazine rings is 1. The van der Waals surface area contributed by atoms with Crippen LogP contribution in [0, 0.1) is 6.92 Å². The number of rotatable bonds is 5. The number of carbonyl (C=O) groups excluding carboxylic acids is 1. The van der Waals surface area contributed by atoms with Crippen LogP contribution in [0.15, 0.2) is 30.6 Å². The van der Waals surface area contributed by atoms with Crippen molar-refractivity contribution in [3.63, 3.8) is 0 Å². The first kappa shape index (κ1) is 20.3. The second-order valence-corrected chi connectivity index (χ2v) is 8.21. The number of fused-ring (bicyclic) bond motifs is 1. The maximum atomic E-state index is 12.8. The van der Waals surface area contributed by atoms with Crippen LogP contribution in [0.4, 0.5) is 5.82 Å². The lowest BCUT2D eigenvalue weighted by molar-refractivity contribution is 0.0950. The molecule has 0 unspecified atom stereocenters. The molecule has 0 atom stereocenters. The van der Waals surface area contributed by atoms with E-state index in [4.69, 9.17) is 0 Å². The molecule has 1 saturated heterocycles. The molecule has 0 bridgehead atoms. The van der Waals surface area contributed by atoms with Crippen LogP contribution in [-0.2, 0) is 6.54 Å². The summed E-state index contributed by atoms with van der Waals surface area (Å²) in [6, 6.07) is 6.15. The van der Waals surface area contributed by atoms with Crippen LogP contribution in [0.5, 0.6) is 0 Å². The molecule has 8 nitrogen and oxygen atoms in total. The second kappa shape index (κ2) is 8.39. The summed E-state index contributed by atoms with van der Waals surface area (Å²) in [5.41, 5.74) is 3.06. The maximum Gasteiger partial charge on any atom is 0.253 e. The highest BCUT2D eigenvalue weighted by atomic mass is 16.1. The summed E-state index contributed by atoms with van der Waals surface area (Å²) in [7, 11) is 2.14. The van der Waals surface area contributed by atoms with E-state index >= 15 is 0 Å². The SMILES string of the molecule is Cc1nc2c(cnn2C(C)C)cc1C(=O)NCc1ccc(N2CCN(C)CC2)nc1. The van der Waals surface area contributed by atoms with E-state index in [1.54, 1.807) is 6.20 Å². The van der Waals surface area contributed by atoms with E-state index in [-0.39, 0.29) is 11.9 Å². The topological polar surface area (TPSA) is 79.2 Å². The Balaban J connectivity index is 1.41. The van der Waals surface area contributed by atoms with Crippen LogP contribution in [-0.4, -0.2) is 63.8 Å². The molecule has 0 aliphatic carbocycles. The number of hydrogen-bond donors (Lipinski definition) is 1. The number of likely N-dealkylation sites (N-methyl/N-ethyl adjacent to an activating group) is 1. The zero-order valence-corrected chi connectivity index (χ0v) is 18.1. The van der Waals surface area contributed by atoms with Crippen LogP contribution >= 0.6 is 0 Å². The third-order valence-corrected chi connectivity index (χ3v) is 5.58. The lowest BCUT2D eigenvalue weighted by atomic mass is 10.1. The summed E-state index contributed by atoms with van der Waals surface area (Å²) in [6.07, 6.45) is 3.61. The summed E-state index contributed by atoms with van der Waals surface area (Å²) < 4.78 is 1.87. The summed E-state index contributed by atoms with van der Waals surface area (Å²) in [6.45, 7) is 10.5. The van der Waals surface area contributed by atoms with Crippen LogP contribution in [0.25, 0.3) is 11.0 Å². The molecule has 1 aliphatic rings. The van der Waals surface area contributed by atoms with Gasteiger partial charge in [-0.25, -0.2) is 14.6 Å². The first-order chi connectivity index (χ1) is 14.4. The van der Waals surface area contributed by atoms with Gasteiger partial charge >= 0.3 is 0 Å². The number of carbonyl (C=O) groups is 1. The van der Waals surface area contributed by atoms with Crippen molar-refractivity contribution in [2.75, 3.05) is 38.1 Å². The Morgan fingerprint density at radius 3 is 2.60 bits per heavy atom. The fraction of sp³-hybridized carbons (Fsp3) is 0.455. The number of pyridine rings is 2. The Morgan fingerprint density at radius 2 is 1.93 bits per heavy atom. The Kier molecular flexibility index (Phi) is 5.67. The standard InChI is InChI=1S/C22H29N7O/c1-15(2)29-21-18(14-25-29)11-19(16(3)26-21)22(30)24-13-17-5-6-20(23-12-17)28-9-7-27(4)8-10-28/h5-6,11-12,14-15H,7-10,13H2,1-4H3,(H,24,30). The van der Waals surface area contributed by atoms with Gasteiger partial charge in [-0.1, -0.05) is 6.07 Å². The molecule has 0 aromatic carbocycles.